The first kappa shape index (κ1) is 16.9. The van der Waals surface area contributed by atoms with E-state index in [0.29, 0.717) is 5.92 Å². The van der Waals surface area contributed by atoms with Crippen molar-refractivity contribution in [3.05, 3.63) is 64.7 Å². The molecule has 2 aromatic rings. The molecule has 0 atom stereocenters. The zero-order chi connectivity index (χ0) is 13.7. The van der Waals surface area contributed by atoms with E-state index in [1.807, 2.05) is 24.3 Å². The molecular weight excluding hydrogens is 289 g/mol. The van der Waals surface area contributed by atoms with Crippen molar-refractivity contribution in [2.75, 3.05) is 11.9 Å². The van der Waals surface area contributed by atoms with Gasteiger partial charge < -0.3 is 5.32 Å². The zero-order valence-electron chi connectivity index (χ0n) is 11.9. The molecule has 0 saturated carbocycles. The summed E-state index contributed by atoms with van der Waals surface area (Å²) in [6, 6.07) is 16.7. The van der Waals surface area contributed by atoms with Gasteiger partial charge in [-0.25, -0.2) is 0 Å². The smallest absolute Gasteiger partial charge is 0.0426 e. The Kier molecular flexibility index (Phi) is 6.90. The Labute approximate surface area is 132 Å². The normalized spacial score (nSPS) is 10.2. The fourth-order valence-electron chi connectivity index (χ4n) is 2.02. The van der Waals surface area contributed by atoms with Gasteiger partial charge in [-0.2, -0.15) is 0 Å². The third kappa shape index (κ3) is 5.07. The van der Waals surface area contributed by atoms with Crippen LogP contribution in [0.1, 0.15) is 30.9 Å². The van der Waals surface area contributed by atoms with E-state index < -0.39 is 0 Å². The maximum Gasteiger partial charge on any atom is 0.0426 e. The summed E-state index contributed by atoms with van der Waals surface area (Å²) in [5, 5.41) is 4.16. The Balaban J connectivity index is 0.00000200. The van der Waals surface area contributed by atoms with Crippen molar-refractivity contribution in [3.63, 3.8) is 0 Å². The fourth-order valence-corrected chi connectivity index (χ4v) is 2.21. The van der Waals surface area contributed by atoms with Crippen LogP contribution in [0.5, 0.6) is 0 Å². The predicted octanol–water partition coefficient (Wildman–Crippen LogP) is 5.54. The molecule has 0 aliphatic heterocycles. The van der Waals surface area contributed by atoms with Crippen LogP contribution in [0.4, 0.5) is 5.69 Å². The summed E-state index contributed by atoms with van der Waals surface area (Å²) in [4.78, 5) is 0. The molecule has 0 aliphatic rings. The minimum atomic E-state index is 0. The molecule has 0 aliphatic carbocycles. The molecule has 0 fully saturated rings. The van der Waals surface area contributed by atoms with E-state index in [1.54, 1.807) is 0 Å². The second kappa shape index (κ2) is 8.18. The van der Waals surface area contributed by atoms with Crippen LogP contribution in [-0.2, 0) is 6.42 Å². The van der Waals surface area contributed by atoms with Crippen molar-refractivity contribution in [2.45, 2.75) is 26.2 Å². The highest BCUT2D eigenvalue weighted by atomic mass is 35.5. The molecule has 0 unspecified atom stereocenters. The lowest BCUT2D eigenvalue weighted by Crippen LogP contribution is -2.04. The minimum Gasteiger partial charge on any atom is -0.385 e. The number of halogens is 2. The molecule has 0 bridgehead atoms. The quantitative estimate of drug-likeness (QED) is 0.764. The molecule has 0 spiro atoms. The molecular formula is C17H21Cl2N. The van der Waals surface area contributed by atoms with Gasteiger partial charge in [0.25, 0.3) is 0 Å². The summed E-state index contributed by atoms with van der Waals surface area (Å²) in [5.74, 6) is 0.596. The summed E-state index contributed by atoms with van der Waals surface area (Å²) in [5.41, 5.74) is 3.83. The molecule has 0 radical (unpaired) electrons. The van der Waals surface area contributed by atoms with Crippen LogP contribution in [0.3, 0.4) is 0 Å². The standard InChI is InChI=1S/C17H20ClN.ClH/c1-13(2)15-8-6-14(7-9-15)10-11-19-17-5-3-4-16(18)12-17;/h3-9,12-13,19H,10-11H2,1-2H3;1H. The first-order valence-electron chi connectivity index (χ1n) is 6.73. The molecule has 1 nitrogen and oxygen atoms in total. The average molecular weight is 310 g/mol. The Morgan fingerprint density at radius 3 is 2.35 bits per heavy atom. The first-order chi connectivity index (χ1) is 9.15. The van der Waals surface area contributed by atoms with Crippen molar-refractivity contribution >= 4 is 29.7 Å². The molecule has 0 amide bonds. The molecule has 0 aromatic heterocycles. The summed E-state index contributed by atoms with van der Waals surface area (Å²) < 4.78 is 0. The highest BCUT2D eigenvalue weighted by Crippen LogP contribution is 2.16. The van der Waals surface area contributed by atoms with Crippen LogP contribution in [0.2, 0.25) is 5.02 Å². The summed E-state index contributed by atoms with van der Waals surface area (Å²) in [6.07, 6.45) is 1.02. The van der Waals surface area contributed by atoms with Crippen LogP contribution in [-0.4, -0.2) is 6.54 Å². The predicted molar refractivity (Wildman–Crippen MR) is 91.4 cm³/mol. The highest BCUT2D eigenvalue weighted by Gasteiger charge is 1.99. The van der Waals surface area contributed by atoms with E-state index in [2.05, 4.69) is 43.4 Å². The van der Waals surface area contributed by atoms with Gasteiger partial charge in [0.1, 0.15) is 0 Å². The van der Waals surface area contributed by atoms with Gasteiger partial charge in [0.05, 0.1) is 0 Å². The minimum absolute atomic E-state index is 0. The van der Waals surface area contributed by atoms with Crippen molar-refractivity contribution in [1.29, 1.82) is 0 Å². The molecule has 0 heterocycles. The fraction of sp³-hybridized carbons (Fsp3) is 0.294. The maximum absolute atomic E-state index is 5.95. The lowest BCUT2D eigenvalue weighted by molar-refractivity contribution is 0.864. The largest absolute Gasteiger partial charge is 0.385 e. The second-order valence-corrected chi connectivity index (χ2v) is 5.52. The van der Waals surface area contributed by atoms with Crippen molar-refractivity contribution in [2.24, 2.45) is 0 Å². The van der Waals surface area contributed by atoms with Crippen LogP contribution in [0.25, 0.3) is 0 Å². The van der Waals surface area contributed by atoms with E-state index in [0.717, 1.165) is 23.7 Å². The Bertz CT molecular complexity index is 521. The van der Waals surface area contributed by atoms with Crippen molar-refractivity contribution in [1.82, 2.24) is 0 Å². The monoisotopic (exact) mass is 309 g/mol. The van der Waals surface area contributed by atoms with Gasteiger partial charge in [-0.05, 0) is 41.7 Å². The van der Waals surface area contributed by atoms with E-state index in [-0.39, 0.29) is 12.4 Å². The summed E-state index contributed by atoms with van der Waals surface area (Å²) in [7, 11) is 0. The van der Waals surface area contributed by atoms with Crippen LogP contribution < -0.4 is 5.32 Å². The SMILES string of the molecule is CC(C)c1ccc(CCNc2cccc(Cl)c2)cc1.Cl. The maximum atomic E-state index is 5.95. The number of hydrogen-bond donors (Lipinski definition) is 1. The van der Waals surface area contributed by atoms with Crippen LogP contribution >= 0.6 is 24.0 Å². The third-order valence-corrected chi connectivity index (χ3v) is 3.45. The van der Waals surface area contributed by atoms with Gasteiger partial charge in [0.15, 0.2) is 0 Å². The highest BCUT2D eigenvalue weighted by molar-refractivity contribution is 6.30. The number of nitrogens with one attached hydrogen (secondary N) is 1. The summed E-state index contributed by atoms with van der Waals surface area (Å²) >= 11 is 5.95. The molecule has 0 saturated heterocycles. The first-order valence-corrected chi connectivity index (χ1v) is 7.11. The van der Waals surface area contributed by atoms with Gasteiger partial charge in [0, 0.05) is 17.3 Å². The molecule has 1 N–H and O–H groups in total. The van der Waals surface area contributed by atoms with E-state index in [4.69, 9.17) is 11.6 Å². The molecule has 2 rings (SSSR count). The van der Waals surface area contributed by atoms with E-state index in [1.165, 1.54) is 11.1 Å². The van der Waals surface area contributed by atoms with Gasteiger partial charge in [-0.15, -0.1) is 12.4 Å². The second-order valence-electron chi connectivity index (χ2n) is 5.08. The lowest BCUT2D eigenvalue weighted by atomic mass is 10.0. The average Bonchev–Trinajstić information content (AvgIpc) is 2.39. The van der Waals surface area contributed by atoms with Crippen molar-refractivity contribution < 1.29 is 0 Å². The number of hydrogen-bond acceptors (Lipinski definition) is 1. The third-order valence-electron chi connectivity index (χ3n) is 3.21. The van der Waals surface area contributed by atoms with Crippen LogP contribution in [0.15, 0.2) is 48.5 Å². The zero-order valence-corrected chi connectivity index (χ0v) is 13.5. The molecule has 108 valence electrons. The Hall–Kier alpha value is -1.18. The Morgan fingerprint density at radius 1 is 1.05 bits per heavy atom. The van der Waals surface area contributed by atoms with Gasteiger partial charge in [-0.1, -0.05) is 55.8 Å². The van der Waals surface area contributed by atoms with Gasteiger partial charge in [0.2, 0.25) is 0 Å². The van der Waals surface area contributed by atoms with Crippen molar-refractivity contribution in [3.8, 4) is 0 Å². The molecule has 20 heavy (non-hydrogen) atoms. The van der Waals surface area contributed by atoms with E-state index >= 15 is 0 Å². The van der Waals surface area contributed by atoms with Gasteiger partial charge in [-0.3, -0.25) is 0 Å². The summed E-state index contributed by atoms with van der Waals surface area (Å²) in [6.45, 7) is 5.35. The van der Waals surface area contributed by atoms with Gasteiger partial charge >= 0.3 is 0 Å². The Morgan fingerprint density at radius 2 is 1.75 bits per heavy atom. The lowest BCUT2D eigenvalue weighted by Gasteiger charge is -2.09. The number of anilines is 1. The molecule has 2 aromatic carbocycles. The van der Waals surface area contributed by atoms with Crippen LogP contribution in [0, 0.1) is 0 Å². The molecule has 3 heteroatoms. The number of rotatable bonds is 5. The topological polar surface area (TPSA) is 12.0 Å². The van der Waals surface area contributed by atoms with E-state index in [9.17, 15) is 0 Å². The number of benzene rings is 2.